The maximum absolute atomic E-state index is 3.65. The van der Waals surface area contributed by atoms with Crippen molar-refractivity contribution in [2.24, 2.45) is 11.8 Å². The molecular formula is C18H34N2. The topological polar surface area (TPSA) is 15.3 Å². The SMILES string of the molecule is CCCC1CCC(NC)C(N2CCCC3CCCC32)C1. The number of hydrogen-bond donors (Lipinski definition) is 1. The van der Waals surface area contributed by atoms with E-state index < -0.39 is 0 Å². The van der Waals surface area contributed by atoms with Crippen LogP contribution in [0.2, 0.25) is 0 Å². The van der Waals surface area contributed by atoms with E-state index in [9.17, 15) is 0 Å². The van der Waals surface area contributed by atoms with E-state index in [-0.39, 0.29) is 0 Å². The summed E-state index contributed by atoms with van der Waals surface area (Å²) in [5, 5.41) is 3.65. The summed E-state index contributed by atoms with van der Waals surface area (Å²) in [4.78, 5) is 2.96. The molecule has 20 heavy (non-hydrogen) atoms. The van der Waals surface area contributed by atoms with Gasteiger partial charge in [0.05, 0.1) is 0 Å². The van der Waals surface area contributed by atoms with Crippen molar-refractivity contribution >= 4 is 0 Å². The Morgan fingerprint density at radius 2 is 1.85 bits per heavy atom. The molecular weight excluding hydrogens is 244 g/mol. The van der Waals surface area contributed by atoms with Crippen LogP contribution in [0.3, 0.4) is 0 Å². The van der Waals surface area contributed by atoms with Crippen LogP contribution in [0.1, 0.15) is 71.1 Å². The van der Waals surface area contributed by atoms with Crippen molar-refractivity contribution < 1.29 is 0 Å². The highest BCUT2D eigenvalue weighted by Crippen LogP contribution is 2.41. The lowest BCUT2D eigenvalue weighted by Gasteiger charge is -2.49. The smallest absolute Gasteiger partial charge is 0.0254 e. The van der Waals surface area contributed by atoms with Crippen LogP contribution in [0.25, 0.3) is 0 Å². The van der Waals surface area contributed by atoms with Gasteiger partial charge in [0.15, 0.2) is 0 Å². The second-order valence-electron chi connectivity index (χ2n) is 7.57. The van der Waals surface area contributed by atoms with Crippen LogP contribution in [0.5, 0.6) is 0 Å². The van der Waals surface area contributed by atoms with E-state index in [1.807, 2.05) is 0 Å². The maximum atomic E-state index is 3.65. The third-order valence-electron chi connectivity index (χ3n) is 6.46. The van der Waals surface area contributed by atoms with Crippen molar-refractivity contribution in [3.8, 4) is 0 Å². The Morgan fingerprint density at radius 1 is 1.00 bits per heavy atom. The molecule has 1 heterocycles. The zero-order valence-electron chi connectivity index (χ0n) is 13.6. The van der Waals surface area contributed by atoms with Crippen LogP contribution in [0, 0.1) is 11.8 Å². The molecule has 0 amide bonds. The predicted molar refractivity (Wildman–Crippen MR) is 86.0 cm³/mol. The van der Waals surface area contributed by atoms with E-state index in [2.05, 4.69) is 24.2 Å². The number of piperidine rings is 1. The fourth-order valence-corrected chi connectivity index (χ4v) is 5.51. The Hall–Kier alpha value is -0.0800. The molecule has 2 nitrogen and oxygen atoms in total. The molecule has 116 valence electrons. The second-order valence-corrected chi connectivity index (χ2v) is 7.57. The average molecular weight is 278 g/mol. The first-order valence-electron chi connectivity index (χ1n) is 9.26. The minimum absolute atomic E-state index is 0.752. The molecule has 3 rings (SSSR count). The molecule has 3 aliphatic rings. The molecule has 1 aliphatic heterocycles. The van der Waals surface area contributed by atoms with Crippen LogP contribution in [0.4, 0.5) is 0 Å². The molecule has 0 aromatic heterocycles. The highest BCUT2D eigenvalue weighted by atomic mass is 15.2. The standard InChI is InChI=1S/C18H34N2/c1-3-6-14-10-11-16(19-2)18(13-14)20-12-5-8-15-7-4-9-17(15)20/h14-19H,3-13H2,1-2H3. The lowest BCUT2D eigenvalue weighted by molar-refractivity contribution is 0.0203. The van der Waals surface area contributed by atoms with Gasteiger partial charge in [-0.1, -0.05) is 26.2 Å². The number of nitrogens with zero attached hydrogens (tertiary/aromatic N) is 1. The number of likely N-dealkylation sites (N-methyl/N-ethyl adjacent to an activating group) is 1. The molecule has 2 heteroatoms. The second kappa shape index (κ2) is 6.79. The van der Waals surface area contributed by atoms with Crippen molar-refractivity contribution in [1.29, 1.82) is 0 Å². The normalized spacial score (nSPS) is 42.6. The summed E-state index contributed by atoms with van der Waals surface area (Å²) < 4.78 is 0. The lowest BCUT2D eigenvalue weighted by atomic mass is 9.77. The monoisotopic (exact) mass is 278 g/mol. The van der Waals surface area contributed by atoms with Crippen molar-refractivity contribution in [1.82, 2.24) is 10.2 Å². The molecule has 1 saturated heterocycles. The minimum atomic E-state index is 0.752. The van der Waals surface area contributed by atoms with Crippen LogP contribution in [-0.2, 0) is 0 Å². The van der Waals surface area contributed by atoms with E-state index in [0.29, 0.717) is 0 Å². The van der Waals surface area contributed by atoms with Gasteiger partial charge in [-0.05, 0) is 70.4 Å². The summed E-state index contributed by atoms with van der Waals surface area (Å²) in [6.45, 7) is 3.73. The van der Waals surface area contributed by atoms with Gasteiger partial charge in [-0.2, -0.15) is 0 Å². The molecule has 2 saturated carbocycles. The Kier molecular flexibility index (Phi) is 5.04. The molecule has 1 N–H and O–H groups in total. The molecule has 0 aromatic rings. The van der Waals surface area contributed by atoms with E-state index in [1.165, 1.54) is 70.8 Å². The van der Waals surface area contributed by atoms with Crippen LogP contribution >= 0.6 is 0 Å². The van der Waals surface area contributed by atoms with Crippen LogP contribution < -0.4 is 5.32 Å². The fourth-order valence-electron chi connectivity index (χ4n) is 5.51. The van der Waals surface area contributed by atoms with E-state index in [4.69, 9.17) is 0 Å². The molecule has 5 unspecified atom stereocenters. The van der Waals surface area contributed by atoms with Gasteiger partial charge in [0.25, 0.3) is 0 Å². The van der Waals surface area contributed by atoms with Gasteiger partial charge >= 0.3 is 0 Å². The van der Waals surface area contributed by atoms with Crippen molar-refractivity contribution in [2.45, 2.75) is 89.3 Å². The molecule has 5 atom stereocenters. The predicted octanol–water partition coefficient (Wildman–Crippen LogP) is 3.81. The van der Waals surface area contributed by atoms with Crippen molar-refractivity contribution in [3.63, 3.8) is 0 Å². The van der Waals surface area contributed by atoms with Crippen molar-refractivity contribution in [3.05, 3.63) is 0 Å². The van der Waals surface area contributed by atoms with Gasteiger partial charge in [-0.3, -0.25) is 4.90 Å². The first-order valence-corrected chi connectivity index (χ1v) is 9.26. The van der Waals surface area contributed by atoms with Crippen LogP contribution in [0.15, 0.2) is 0 Å². The fraction of sp³-hybridized carbons (Fsp3) is 1.00. The number of likely N-dealkylation sites (tertiary alicyclic amines) is 1. The molecule has 0 aromatic carbocycles. The molecule has 2 aliphatic carbocycles. The van der Waals surface area contributed by atoms with Gasteiger partial charge < -0.3 is 5.32 Å². The van der Waals surface area contributed by atoms with Crippen LogP contribution in [-0.4, -0.2) is 36.6 Å². The third kappa shape index (κ3) is 2.92. The van der Waals surface area contributed by atoms with Crippen molar-refractivity contribution in [2.75, 3.05) is 13.6 Å². The zero-order valence-corrected chi connectivity index (χ0v) is 13.6. The number of fused-ring (bicyclic) bond motifs is 1. The molecule has 3 fully saturated rings. The Labute approximate surface area is 125 Å². The summed E-state index contributed by atoms with van der Waals surface area (Å²) in [6, 6.07) is 2.52. The molecule has 0 bridgehead atoms. The molecule has 0 radical (unpaired) electrons. The third-order valence-corrected chi connectivity index (χ3v) is 6.46. The molecule has 0 spiro atoms. The van der Waals surface area contributed by atoms with Gasteiger partial charge in [0.2, 0.25) is 0 Å². The van der Waals surface area contributed by atoms with Gasteiger partial charge in [-0.25, -0.2) is 0 Å². The van der Waals surface area contributed by atoms with Gasteiger partial charge in [0, 0.05) is 18.1 Å². The minimum Gasteiger partial charge on any atom is -0.315 e. The highest BCUT2D eigenvalue weighted by Gasteiger charge is 2.42. The van der Waals surface area contributed by atoms with E-state index in [1.54, 1.807) is 0 Å². The number of rotatable bonds is 4. The summed E-state index contributed by atoms with van der Waals surface area (Å²) in [5.41, 5.74) is 0. The Bertz CT molecular complexity index is 304. The highest BCUT2D eigenvalue weighted by molar-refractivity contribution is 4.98. The zero-order chi connectivity index (χ0) is 13.9. The quantitative estimate of drug-likeness (QED) is 0.841. The van der Waals surface area contributed by atoms with Gasteiger partial charge in [0.1, 0.15) is 0 Å². The number of hydrogen-bond acceptors (Lipinski definition) is 2. The summed E-state index contributed by atoms with van der Waals surface area (Å²) in [6.07, 6.45) is 14.6. The Balaban J connectivity index is 1.70. The maximum Gasteiger partial charge on any atom is 0.0254 e. The van der Waals surface area contributed by atoms with Gasteiger partial charge in [-0.15, -0.1) is 0 Å². The summed E-state index contributed by atoms with van der Waals surface area (Å²) in [5.74, 6) is 2.03. The summed E-state index contributed by atoms with van der Waals surface area (Å²) >= 11 is 0. The largest absolute Gasteiger partial charge is 0.315 e. The van der Waals surface area contributed by atoms with E-state index in [0.717, 1.165) is 30.0 Å². The van der Waals surface area contributed by atoms with E-state index >= 15 is 0 Å². The lowest BCUT2D eigenvalue weighted by Crippen LogP contribution is -2.58. The first kappa shape index (κ1) is 14.8. The number of nitrogens with one attached hydrogen (secondary N) is 1. The Morgan fingerprint density at radius 3 is 2.65 bits per heavy atom. The average Bonchev–Trinajstić information content (AvgIpc) is 2.96. The first-order chi connectivity index (χ1) is 9.83. The summed E-state index contributed by atoms with van der Waals surface area (Å²) in [7, 11) is 2.19.